The molecule has 1 atom stereocenters. The molecule has 3 rings (SSSR count). The van der Waals surface area contributed by atoms with Gasteiger partial charge in [0, 0.05) is 33.7 Å². The molecule has 1 aromatic carbocycles. The topological polar surface area (TPSA) is 55.4 Å². The number of halogens is 1. The number of ether oxygens (including phenoxy) is 1. The summed E-state index contributed by atoms with van der Waals surface area (Å²) in [6.07, 6.45) is 1.77. The summed E-state index contributed by atoms with van der Waals surface area (Å²) in [5.74, 6) is -0.216. The number of rotatable bonds is 5. The fourth-order valence-corrected chi connectivity index (χ4v) is 4.24. The second-order valence-electron chi connectivity index (χ2n) is 6.11. The first-order chi connectivity index (χ1) is 12.0. The van der Waals surface area contributed by atoms with Crippen LogP contribution in [0.4, 0.5) is 0 Å². The lowest BCUT2D eigenvalue weighted by Gasteiger charge is -2.28. The molecule has 4 nitrogen and oxygen atoms in total. The second-order valence-corrected chi connectivity index (χ2v) is 7.49. The molecular formula is C19H20ClNO3S. The van der Waals surface area contributed by atoms with Gasteiger partial charge in [-0.2, -0.15) is 0 Å². The summed E-state index contributed by atoms with van der Waals surface area (Å²) in [4.78, 5) is 25.2. The molecule has 0 amide bonds. The zero-order valence-corrected chi connectivity index (χ0v) is 15.8. The highest BCUT2D eigenvalue weighted by Gasteiger charge is 2.40. The van der Waals surface area contributed by atoms with Crippen LogP contribution in [0.2, 0.25) is 5.02 Å². The highest BCUT2D eigenvalue weighted by Crippen LogP contribution is 2.44. The van der Waals surface area contributed by atoms with E-state index < -0.39 is 5.92 Å². The van der Waals surface area contributed by atoms with Gasteiger partial charge in [-0.3, -0.25) is 4.79 Å². The third kappa shape index (κ3) is 3.62. The van der Waals surface area contributed by atoms with E-state index in [0.717, 1.165) is 29.8 Å². The molecule has 6 heteroatoms. The number of esters is 1. The van der Waals surface area contributed by atoms with E-state index in [0.29, 0.717) is 28.5 Å². The molecule has 0 aromatic heterocycles. The predicted molar refractivity (Wildman–Crippen MR) is 100 cm³/mol. The standard InChI is InChI=1S/C19H20ClNO3S/c1-3-4-8-24-18(22)15-11(2)21-14-10-25-19(23)17(14)16(15)12-6-5-7-13(20)9-12/h5-7,9,16,21H,3-4,8,10H2,1-2H3. The molecule has 2 heterocycles. The summed E-state index contributed by atoms with van der Waals surface area (Å²) in [6.45, 7) is 4.27. The van der Waals surface area contributed by atoms with Crippen LogP contribution in [-0.2, 0) is 14.3 Å². The fraction of sp³-hybridized carbons (Fsp3) is 0.368. The van der Waals surface area contributed by atoms with Crippen LogP contribution in [0.1, 0.15) is 38.2 Å². The first-order valence-corrected chi connectivity index (χ1v) is 9.69. The van der Waals surface area contributed by atoms with Gasteiger partial charge in [-0.25, -0.2) is 4.79 Å². The van der Waals surface area contributed by atoms with Crippen molar-refractivity contribution in [2.24, 2.45) is 0 Å². The summed E-state index contributed by atoms with van der Waals surface area (Å²) in [5.41, 5.74) is 3.58. The number of thioether (sulfide) groups is 1. The summed E-state index contributed by atoms with van der Waals surface area (Å²) in [5, 5.41) is 3.80. The largest absolute Gasteiger partial charge is 0.462 e. The predicted octanol–water partition coefficient (Wildman–Crippen LogP) is 4.17. The van der Waals surface area contributed by atoms with Crippen LogP contribution in [0.15, 0.2) is 46.8 Å². The van der Waals surface area contributed by atoms with Crippen molar-refractivity contribution in [3.05, 3.63) is 57.4 Å². The molecule has 2 aliphatic heterocycles. The van der Waals surface area contributed by atoms with E-state index in [1.807, 2.05) is 32.0 Å². The molecule has 0 saturated heterocycles. The van der Waals surface area contributed by atoms with E-state index in [1.54, 1.807) is 6.07 Å². The van der Waals surface area contributed by atoms with Crippen LogP contribution in [0.5, 0.6) is 0 Å². The number of benzene rings is 1. The molecule has 0 bridgehead atoms. The number of carbonyl (C=O) groups is 2. The minimum absolute atomic E-state index is 0.00108. The molecule has 0 saturated carbocycles. The molecule has 2 aliphatic rings. The molecule has 0 spiro atoms. The zero-order chi connectivity index (χ0) is 18.0. The smallest absolute Gasteiger partial charge is 0.336 e. The third-order valence-electron chi connectivity index (χ3n) is 4.35. The Labute approximate surface area is 156 Å². The Hall–Kier alpha value is -1.72. The highest BCUT2D eigenvalue weighted by atomic mass is 35.5. The van der Waals surface area contributed by atoms with E-state index >= 15 is 0 Å². The average molecular weight is 378 g/mol. The minimum Gasteiger partial charge on any atom is -0.462 e. The van der Waals surface area contributed by atoms with E-state index in [-0.39, 0.29) is 11.1 Å². The molecule has 0 radical (unpaired) electrons. The average Bonchev–Trinajstić information content (AvgIpc) is 2.94. The third-order valence-corrected chi connectivity index (χ3v) is 5.50. The first-order valence-electron chi connectivity index (χ1n) is 8.33. The van der Waals surface area contributed by atoms with Gasteiger partial charge in [0.15, 0.2) is 0 Å². The van der Waals surface area contributed by atoms with Crippen LogP contribution in [0, 0.1) is 0 Å². The monoisotopic (exact) mass is 377 g/mol. The van der Waals surface area contributed by atoms with E-state index in [9.17, 15) is 9.59 Å². The Morgan fingerprint density at radius 2 is 2.24 bits per heavy atom. The molecule has 132 valence electrons. The van der Waals surface area contributed by atoms with E-state index in [1.165, 1.54) is 11.8 Å². The maximum atomic E-state index is 12.8. The maximum Gasteiger partial charge on any atom is 0.336 e. The molecule has 1 unspecified atom stereocenters. The van der Waals surface area contributed by atoms with Crippen molar-refractivity contribution in [1.82, 2.24) is 5.32 Å². The lowest BCUT2D eigenvalue weighted by Crippen LogP contribution is -2.30. The highest BCUT2D eigenvalue weighted by molar-refractivity contribution is 8.14. The van der Waals surface area contributed by atoms with Gasteiger partial charge in [0.1, 0.15) is 0 Å². The lowest BCUT2D eigenvalue weighted by atomic mass is 9.81. The fourth-order valence-electron chi connectivity index (χ4n) is 3.14. The van der Waals surface area contributed by atoms with Crippen molar-refractivity contribution in [1.29, 1.82) is 0 Å². The molecule has 25 heavy (non-hydrogen) atoms. The van der Waals surface area contributed by atoms with Crippen LogP contribution < -0.4 is 5.32 Å². The number of nitrogens with one attached hydrogen (secondary N) is 1. The van der Waals surface area contributed by atoms with Gasteiger partial charge in [-0.05, 0) is 31.0 Å². The van der Waals surface area contributed by atoms with Gasteiger partial charge >= 0.3 is 5.97 Å². The van der Waals surface area contributed by atoms with Crippen molar-refractivity contribution >= 4 is 34.4 Å². The summed E-state index contributed by atoms with van der Waals surface area (Å²) in [6, 6.07) is 7.32. The van der Waals surface area contributed by atoms with Gasteiger partial charge in [-0.15, -0.1) is 0 Å². The molecule has 0 fully saturated rings. The Morgan fingerprint density at radius 1 is 1.44 bits per heavy atom. The van der Waals surface area contributed by atoms with Crippen molar-refractivity contribution in [2.75, 3.05) is 12.4 Å². The Kier molecular flexibility index (Phi) is 5.54. The van der Waals surface area contributed by atoms with Crippen LogP contribution in [0.3, 0.4) is 0 Å². The number of allylic oxidation sites excluding steroid dienone is 1. The van der Waals surface area contributed by atoms with Gasteiger partial charge in [0.2, 0.25) is 5.12 Å². The van der Waals surface area contributed by atoms with E-state index in [2.05, 4.69) is 5.32 Å². The van der Waals surface area contributed by atoms with Crippen molar-refractivity contribution in [3.63, 3.8) is 0 Å². The van der Waals surface area contributed by atoms with Crippen LogP contribution in [0.25, 0.3) is 0 Å². The van der Waals surface area contributed by atoms with Crippen molar-refractivity contribution in [2.45, 2.75) is 32.6 Å². The number of dihydropyridines is 1. The number of hydrogen-bond acceptors (Lipinski definition) is 5. The second kappa shape index (κ2) is 7.67. The Morgan fingerprint density at radius 3 is 2.96 bits per heavy atom. The van der Waals surface area contributed by atoms with Crippen LogP contribution >= 0.6 is 23.4 Å². The number of hydrogen-bond donors (Lipinski definition) is 1. The quantitative estimate of drug-likeness (QED) is 0.616. The Balaban J connectivity index is 2.03. The van der Waals surface area contributed by atoms with Crippen molar-refractivity contribution < 1.29 is 14.3 Å². The van der Waals surface area contributed by atoms with Crippen LogP contribution in [-0.4, -0.2) is 23.4 Å². The SMILES string of the molecule is CCCCOC(=O)C1=C(C)NC2=C(C(=O)SC2)C1c1cccc(Cl)c1. The van der Waals surface area contributed by atoms with Gasteiger partial charge < -0.3 is 10.1 Å². The van der Waals surface area contributed by atoms with Gasteiger partial charge in [-0.1, -0.05) is 48.8 Å². The Bertz CT molecular complexity index is 785. The number of unbranched alkanes of at least 4 members (excludes halogenated alkanes) is 1. The molecule has 1 N–H and O–H groups in total. The number of carbonyl (C=O) groups excluding carboxylic acids is 2. The molecule has 0 aliphatic carbocycles. The maximum absolute atomic E-state index is 12.8. The summed E-state index contributed by atoms with van der Waals surface area (Å²) < 4.78 is 5.45. The minimum atomic E-state index is -0.438. The molecule has 1 aromatic rings. The zero-order valence-electron chi connectivity index (χ0n) is 14.2. The van der Waals surface area contributed by atoms with Gasteiger partial charge in [0.25, 0.3) is 0 Å². The van der Waals surface area contributed by atoms with Crippen molar-refractivity contribution in [3.8, 4) is 0 Å². The summed E-state index contributed by atoms with van der Waals surface area (Å²) in [7, 11) is 0. The van der Waals surface area contributed by atoms with Gasteiger partial charge in [0.05, 0.1) is 12.2 Å². The normalized spacial score (nSPS) is 19.8. The van der Waals surface area contributed by atoms with E-state index in [4.69, 9.17) is 16.3 Å². The molecular weight excluding hydrogens is 358 g/mol. The summed E-state index contributed by atoms with van der Waals surface area (Å²) >= 11 is 7.41. The first kappa shape index (κ1) is 18.1. The lowest BCUT2D eigenvalue weighted by molar-refractivity contribution is -0.139.